The standard InChI is InChI=1S/C12H10N4/c1-9-8-16-12(14-9)6-5-11(15-16)10-4-2-3-7-13-10/h2-8H,1H3. The zero-order valence-electron chi connectivity index (χ0n) is 8.83. The Morgan fingerprint density at radius 3 is 2.81 bits per heavy atom. The van der Waals surface area contributed by atoms with Crippen molar-refractivity contribution >= 4 is 5.65 Å². The summed E-state index contributed by atoms with van der Waals surface area (Å²) in [6, 6.07) is 9.67. The first-order valence-corrected chi connectivity index (χ1v) is 5.07. The van der Waals surface area contributed by atoms with Crippen LogP contribution in [0.4, 0.5) is 0 Å². The van der Waals surface area contributed by atoms with Crippen LogP contribution < -0.4 is 0 Å². The van der Waals surface area contributed by atoms with Gasteiger partial charge in [-0.25, -0.2) is 9.50 Å². The molecule has 3 heterocycles. The van der Waals surface area contributed by atoms with Crippen molar-refractivity contribution in [3.05, 3.63) is 48.4 Å². The molecular formula is C12H10N4. The van der Waals surface area contributed by atoms with E-state index in [9.17, 15) is 0 Å². The van der Waals surface area contributed by atoms with Gasteiger partial charge in [0.05, 0.1) is 17.6 Å². The van der Waals surface area contributed by atoms with Gasteiger partial charge in [0.15, 0.2) is 5.65 Å². The summed E-state index contributed by atoms with van der Waals surface area (Å²) in [6.07, 6.45) is 3.67. The molecule has 0 unspecified atom stereocenters. The van der Waals surface area contributed by atoms with Gasteiger partial charge in [0.2, 0.25) is 0 Å². The molecule has 0 aromatic carbocycles. The second kappa shape index (κ2) is 3.41. The Labute approximate surface area is 92.6 Å². The van der Waals surface area contributed by atoms with Crippen LogP contribution in [0.3, 0.4) is 0 Å². The fraction of sp³-hybridized carbons (Fsp3) is 0.0833. The van der Waals surface area contributed by atoms with Gasteiger partial charge in [-0.2, -0.15) is 5.10 Å². The summed E-state index contributed by atoms with van der Waals surface area (Å²) in [7, 11) is 0. The Balaban J connectivity index is 2.18. The molecule has 78 valence electrons. The van der Waals surface area contributed by atoms with Crippen molar-refractivity contribution in [3.8, 4) is 11.4 Å². The van der Waals surface area contributed by atoms with Crippen LogP contribution in [-0.4, -0.2) is 19.6 Å². The predicted octanol–water partition coefficient (Wildman–Crippen LogP) is 2.10. The van der Waals surface area contributed by atoms with Crippen LogP contribution in [0.25, 0.3) is 17.0 Å². The lowest BCUT2D eigenvalue weighted by Gasteiger charge is -1.99. The number of hydrogen-bond donors (Lipinski definition) is 0. The average molecular weight is 210 g/mol. The topological polar surface area (TPSA) is 43.1 Å². The van der Waals surface area contributed by atoms with Crippen molar-refractivity contribution in [2.75, 3.05) is 0 Å². The van der Waals surface area contributed by atoms with Crippen LogP contribution in [0.2, 0.25) is 0 Å². The molecule has 0 spiro atoms. The zero-order chi connectivity index (χ0) is 11.0. The number of fused-ring (bicyclic) bond motifs is 1. The minimum atomic E-state index is 0.852. The lowest BCUT2D eigenvalue weighted by Crippen LogP contribution is -1.94. The molecule has 3 aromatic heterocycles. The summed E-state index contributed by atoms with van der Waals surface area (Å²) < 4.78 is 1.78. The normalized spacial score (nSPS) is 10.8. The predicted molar refractivity (Wildman–Crippen MR) is 61.0 cm³/mol. The first-order chi connectivity index (χ1) is 7.83. The molecule has 4 nitrogen and oxygen atoms in total. The molecule has 3 aromatic rings. The van der Waals surface area contributed by atoms with Crippen LogP contribution in [-0.2, 0) is 0 Å². The van der Waals surface area contributed by atoms with Crippen molar-refractivity contribution < 1.29 is 0 Å². The highest BCUT2D eigenvalue weighted by Gasteiger charge is 2.03. The maximum absolute atomic E-state index is 4.46. The Kier molecular flexibility index (Phi) is 1.93. The fourth-order valence-corrected chi connectivity index (χ4v) is 1.65. The third kappa shape index (κ3) is 1.44. The molecule has 16 heavy (non-hydrogen) atoms. The van der Waals surface area contributed by atoms with E-state index in [0.717, 1.165) is 22.7 Å². The molecule has 0 N–H and O–H groups in total. The van der Waals surface area contributed by atoms with E-state index in [2.05, 4.69) is 15.1 Å². The highest BCUT2D eigenvalue weighted by atomic mass is 15.2. The van der Waals surface area contributed by atoms with E-state index in [1.807, 2.05) is 43.5 Å². The first-order valence-electron chi connectivity index (χ1n) is 5.07. The molecule has 0 aliphatic rings. The zero-order valence-corrected chi connectivity index (χ0v) is 8.83. The molecule has 0 radical (unpaired) electrons. The minimum Gasteiger partial charge on any atom is -0.255 e. The van der Waals surface area contributed by atoms with Gasteiger partial charge < -0.3 is 0 Å². The molecule has 0 amide bonds. The van der Waals surface area contributed by atoms with E-state index in [4.69, 9.17) is 0 Å². The van der Waals surface area contributed by atoms with Gasteiger partial charge in [-0.05, 0) is 31.2 Å². The lowest BCUT2D eigenvalue weighted by molar-refractivity contribution is 0.936. The van der Waals surface area contributed by atoms with E-state index >= 15 is 0 Å². The highest BCUT2D eigenvalue weighted by Crippen LogP contribution is 2.13. The Morgan fingerprint density at radius 2 is 2.00 bits per heavy atom. The molecular weight excluding hydrogens is 200 g/mol. The summed E-state index contributed by atoms with van der Waals surface area (Å²) in [4.78, 5) is 8.59. The fourth-order valence-electron chi connectivity index (χ4n) is 1.65. The average Bonchev–Trinajstić information content (AvgIpc) is 2.69. The number of pyridine rings is 1. The molecule has 0 saturated heterocycles. The van der Waals surface area contributed by atoms with Gasteiger partial charge in [0.25, 0.3) is 0 Å². The van der Waals surface area contributed by atoms with Crippen molar-refractivity contribution in [2.45, 2.75) is 6.92 Å². The van der Waals surface area contributed by atoms with Gasteiger partial charge in [-0.3, -0.25) is 4.98 Å². The van der Waals surface area contributed by atoms with E-state index in [1.54, 1.807) is 10.7 Å². The Bertz CT molecular complexity index is 628. The summed E-state index contributed by atoms with van der Waals surface area (Å²) in [5.41, 5.74) is 3.55. The lowest BCUT2D eigenvalue weighted by atomic mass is 10.2. The second-order valence-corrected chi connectivity index (χ2v) is 3.62. The van der Waals surface area contributed by atoms with Gasteiger partial charge in [0, 0.05) is 6.20 Å². The number of aromatic nitrogens is 4. The SMILES string of the molecule is Cc1cn2nc(-c3ccccn3)ccc2n1. The van der Waals surface area contributed by atoms with Crippen molar-refractivity contribution in [2.24, 2.45) is 0 Å². The van der Waals surface area contributed by atoms with Crippen molar-refractivity contribution in [1.29, 1.82) is 0 Å². The van der Waals surface area contributed by atoms with E-state index in [0.29, 0.717) is 0 Å². The Morgan fingerprint density at radius 1 is 1.06 bits per heavy atom. The number of rotatable bonds is 1. The van der Waals surface area contributed by atoms with E-state index in [-0.39, 0.29) is 0 Å². The molecule has 0 saturated carbocycles. The minimum absolute atomic E-state index is 0.852. The summed E-state index contributed by atoms with van der Waals surface area (Å²) in [5, 5.41) is 4.46. The number of imidazole rings is 1. The van der Waals surface area contributed by atoms with Crippen LogP contribution >= 0.6 is 0 Å². The Hall–Kier alpha value is -2.23. The van der Waals surface area contributed by atoms with Crippen molar-refractivity contribution in [3.63, 3.8) is 0 Å². The van der Waals surface area contributed by atoms with E-state index in [1.165, 1.54) is 0 Å². The number of nitrogens with zero attached hydrogens (tertiary/aromatic N) is 4. The van der Waals surface area contributed by atoms with Crippen LogP contribution in [0.15, 0.2) is 42.7 Å². The smallest absolute Gasteiger partial charge is 0.153 e. The summed E-state index contributed by atoms with van der Waals surface area (Å²) >= 11 is 0. The van der Waals surface area contributed by atoms with Crippen LogP contribution in [0, 0.1) is 6.92 Å². The third-order valence-electron chi connectivity index (χ3n) is 2.37. The van der Waals surface area contributed by atoms with E-state index < -0.39 is 0 Å². The van der Waals surface area contributed by atoms with Gasteiger partial charge in [-0.15, -0.1) is 0 Å². The monoisotopic (exact) mass is 210 g/mol. The molecule has 0 aliphatic heterocycles. The van der Waals surface area contributed by atoms with Crippen molar-refractivity contribution in [1.82, 2.24) is 19.6 Å². The molecule has 0 aliphatic carbocycles. The molecule has 0 atom stereocenters. The van der Waals surface area contributed by atoms with Gasteiger partial charge in [0.1, 0.15) is 5.69 Å². The summed E-state index contributed by atoms with van der Waals surface area (Å²) in [6.45, 7) is 1.95. The van der Waals surface area contributed by atoms with Crippen LogP contribution in [0.5, 0.6) is 0 Å². The largest absolute Gasteiger partial charge is 0.255 e. The molecule has 0 bridgehead atoms. The maximum atomic E-state index is 4.46. The molecule has 3 rings (SSSR count). The molecule has 0 fully saturated rings. The second-order valence-electron chi connectivity index (χ2n) is 3.62. The molecule has 4 heteroatoms. The van der Waals surface area contributed by atoms with Gasteiger partial charge >= 0.3 is 0 Å². The third-order valence-corrected chi connectivity index (χ3v) is 2.37. The quantitative estimate of drug-likeness (QED) is 0.617. The number of aryl methyl sites for hydroxylation is 1. The maximum Gasteiger partial charge on any atom is 0.153 e. The van der Waals surface area contributed by atoms with Crippen LogP contribution in [0.1, 0.15) is 5.69 Å². The number of hydrogen-bond acceptors (Lipinski definition) is 3. The van der Waals surface area contributed by atoms with Gasteiger partial charge in [-0.1, -0.05) is 6.07 Å². The first kappa shape index (κ1) is 9.03. The summed E-state index contributed by atoms with van der Waals surface area (Å²) in [5.74, 6) is 0. The highest BCUT2D eigenvalue weighted by molar-refractivity contribution is 5.55.